The lowest BCUT2D eigenvalue weighted by atomic mass is 10.1. The van der Waals surface area contributed by atoms with Crippen LogP contribution in [0.25, 0.3) is 0 Å². The summed E-state index contributed by atoms with van der Waals surface area (Å²) in [4.78, 5) is 38.8. The predicted molar refractivity (Wildman–Crippen MR) is 94.3 cm³/mol. The van der Waals surface area contributed by atoms with Gasteiger partial charge in [0.1, 0.15) is 5.75 Å². The number of nitrogens with one attached hydrogen (secondary N) is 1. The molecule has 1 aromatic carbocycles. The van der Waals surface area contributed by atoms with Crippen molar-refractivity contribution in [1.29, 1.82) is 0 Å². The van der Waals surface area contributed by atoms with Gasteiger partial charge in [-0.25, -0.2) is 4.79 Å². The van der Waals surface area contributed by atoms with Crippen molar-refractivity contribution in [2.45, 2.75) is 31.9 Å². The summed E-state index contributed by atoms with van der Waals surface area (Å²) in [6.45, 7) is -2.22. The van der Waals surface area contributed by atoms with Crippen molar-refractivity contribution >= 4 is 33.8 Å². The van der Waals surface area contributed by atoms with E-state index in [9.17, 15) is 23.2 Å². The number of alkyl halides is 2. The molecular formula is C17H18BrF2N3O4. The Morgan fingerprint density at radius 2 is 2.15 bits per heavy atom. The summed E-state index contributed by atoms with van der Waals surface area (Å²) in [7, 11) is 0. The lowest BCUT2D eigenvalue weighted by Crippen LogP contribution is -2.42. The third-order valence-corrected chi connectivity index (χ3v) is 5.10. The topological polar surface area (TPSA) is 79.0 Å². The Kier molecular flexibility index (Phi) is 5.93. The second-order valence-electron chi connectivity index (χ2n) is 6.34. The third-order valence-electron chi connectivity index (χ3n) is 4.61. The fourth-order valence-corrected chi connectivity index (χ4v) is 3.75. The van der Waals surface area contributed by atoms with Gasteiger partial charge in [0, 0.05) is 24.0 Å². The minimum atomic E-state index is -2.94. The van der Waals surface area contributed by atoms with Crippen LogP contribution in [0.3, 0.4) is 0 Å². The summed E-state index contributed by atoms with van der Waals surface area (Å²) in [5.74, 6) is -0.408. The SMILES string of the molecule is O=C(CCc1cc(Br)ccc1OC(F)F)N1CC[C@H](N2C(=O)CNC2=O)C1. The van der Waals surface area contributed by atoms with E-state index < -0.39 is 12.6 Å². The van der Waals surface area contributed by atoms with Crippen molar-refractivity contribution in [3.63, 3.8) is 0 Å². The van der Waals surface area contributed by atoms with Gasteiger partial charge in [0.15, 0.2) is 0 Å². The summed E-state index contributed by atoms with van der Waals surface area (Å²) >= 11 is 3.28. The molecule has 1 aromatic rings. The molecule has 0 bridgehead atoms. The average molecular weight is 446 g/mol. The minimum Gasteiger partial charge on any atom is -0.435 e. The molecule has 1 N–H and O–H groups in total. The van der Waals surface area contributed by atoms with Crippen LogP contribution >= 0.6 is 15.9 Å². The fourth-order valence-electron chi connectivity index (χ4n) is 3.34. The summed E-state index contributed by atoms with van der Waals surface area (Å²) < 4.78 is 30.3. The molecule has 2 saturated heterocycles. The highest BCUT2D eigenvalue weighted by Gasteiger charge is 2.39. The van der Waals surface area contributed by atoms with E-state index in [1.165, 1.54) is 11.0 Å². The highest BCUT2D eigenvalue weighted by atomic mass is 79.9. The second-order valence-corrected chi connectivity index (χ2v) is 7.25. The zero-order valence-electron chi connectivity index (χ0n) is 14.3. The van der Waals surface area contributed by atoms with Crippen LogP contribution in [-0.2, 0) is 16.0 Å². The van der Waals surface area contributed by atoms with Crippen LogP contribution in [0.2, 0.25) is 0 Å². The van der Waals surface area contributed by atoms with E-state index in [2.05, 4.69) is 26.0 Å². The van der Waals surface area contributed by atoms with Crippen molar-refractivity contribution in [2.75, 3.05) is 19.6 Å². The van der Waals surface area contributed by atoms with Crippen molar-refractivity contribution in [1.82, 2.24) is 15.1 Å². The molecule has 0 unspecified atom stereocenters. The lowest BCUT2D eigenvalue weighted by Gasteiger charge is -2.21. The molecule has 3 rings (SSSR count). The van der Waals surface area contributed by atoms with Crippen molar-refractivity contribution in [3.05, 3.63) is 28.2 Å². The number of rotatable bonds is 6. The van der Waals surface area contributed by atoms with Gasteiger partial charge in [-0.05, 0) is 36.6 Å². The number of carbonyl (C=O) groups excluding carboxylic acids is 3. The van der Waals surface area contributed by atoms with Gasteiger partial charge in [0.25, 0.3) is 0 Å². The maximum atomic E-state index is 12.5. The number of urea groups is 1. The normalized spacial score (nSPS) is 19.8. The zero-order valence-corrected chi connectivity index (χ0v) is 15.9. The number of benzene rings is 1. The summed E-state index contributed by atoms with van der Waals surface area (Å²) in [5, 5.41) is 2.47. The first-order valence-electron chi connectivity index (χ1n) is 8.46. The van der Waals surface area contributed by atoms with Gasteiger partial charge >= 0.3 is 12.6 Å². The molecule has 0 saturated carbocycles. The Labute approximate surface area is 162 Å². The van der Waals surface area contributed by atoms with Crippen LogP contribution in [0, 0.1) is 0 Å². The standard InChI is InChI=1S/C17H18BrF2N3O4/c18-11-2-3-13(27-16(19)20)10(7-11)1-4-14(24)22-6-5-12(9-22)23-15(25)8-21-17(23)26/h2-3,7,12,16H,1,4-6,8-9H2,(H,21,26)/t12-/m0/s1. The Morgan fingerprint density at radius 1 is 1.37 bits per heavy atom. The van der Waals surface area contributed by atoms with E-state index in [0.717, 1.165) is 0 Å². The van der Waals surface area contributed by atoms with E-state index >= 15 is 0 Å². The molecule has 2 heterocycles. The monoisotopic (exact) mass is 445 g/mol. The van der Waals surface area contributed by atoms with Gasteiger partial charge in [-0.1, -0.05) is 15.9 Å². The highest BCUT2D eigenvalue weighted by molar-refractivity contribution is 9.10. The predicted octanol–water partition coefficient (Wildman–Crippen LogP) is 2.14. The largest absolute Gasteiger partial charge is 0.435 e. The van der Waals surface area contributed by atoms with Crippen LogP contribution in [0.15, 0.2) is 22.7 Å². The molecule has 27 heavy (non-hydrogen) atoms. The van der Waals surface area contributed by atoms with Gasteiger partial charge in [-0.2, -0.15) is 8.78 Å². The summed E-state index contributed by atoms with van der Waals surface area (Å²) in [6.07, 6.45) is 0.884. The van der Waals surface area contributed by atoms with Crippen LogP contribution < -0.4 is 10.1 Å². The maximum Gasteiger partial charge on any atom is 0.387 e. The minimum absolute atomic E-state index is 0.0148. The Balaban J connectivity index is 1.58. The van der Waals surface area contributed by atoms with Crippen molar-refractivity contribution in [2.24, 2.45) is 0 Å². The van der Waals surface area contributed by atoms with Crippen LogP contribution in [0.5, 0.6) is 5.75 Å². The number of nitrogens with zero attached hydrogens (tertiary/aromatic N) is 2. The van der Waals surface area contributed by atoms with Crippen molar-refractivity contribution < 1.29 is 27.9 Å². The maximum absolute atomic E-state index is 12.5. The molecule has 0 spiro atoms. The van der Waals surface area contributed by atoms with Gasteiger partial charge in [-0.15, -0.1) is 0 Å². The molecular weight excluding hydrogens is 428 g/mol. The lowest BCUT2D eigenvalue weighted by molar-refractivity contribution is -0.131. The molecule has 10 heteroatoms. The van der Waals surface area contributed by atoms with E-state index in [4.69, 9.17) is 0 Å². The number of aryl methyl sites for hydroxylation is 1. The molecule has 2 aliphatic heterocycles. The molecule has 0 radical (unpaired) electrons. The number of imide groups is 1. The summed E-state index contributed by atoms with van der Waals surface area (Å²) in [6, 6.07) is 3.91. The number of amides is 4. The van der Waals surface area contributed by atoms with Gasteiger partial charge in [0.2, 0.25) is 11.8 Å². The molecule has 2 aliphatic rings. The number of ether oxygens (including phenoxy) is 1. The van der Waals surface area contributed by atoms with E-state index in [-0.39, 0.29) is 49.5 Å². The number of carbonyl (C=O) groups is 3. The third kappa shape index (κ3) is 4.55. The van der Waals surface area contributed by atoms with Crippen LogP contribution in [0.1, 0.15) is 18.4 Å². The quantitative estimate of drug-likeness (QED) is 0.680. The first-order chi connectivity index (χ1) is 12.8. The molecule has 2 fully saturated rings. The molecule has 7 nitrogen and oxygen atoms in total. The molecule has 4 amide bonds. The summed E-state index contributed by atoms with van der Waals surface area (Å²) in [5.41, 5.74) is 0.503. The van der Waals surface area contributed by atoms with Crippen LogP contribution in [0.4, 0.5) is 13.6 Å². The zero-order chi connectivity index (χ0) is 19.6. The molecule has 0 aromatic heterocycles. The van der Waals surface area contributed by atoms with Gasteiger partial charge in [-0.3, -0.25) is 14.5 Å². The van der Waals surface area contributed by atoms with Gasteiger partial charge in [0.05, 0.1) is 12.6 Å². The van der Waals surface area contributed by atoms with E-state index in [1.807, 2.05) is 0 Å². The molecule has 1 atom stereocenters. The van der Waals surface area contributed by atoms with Crippen LogP contribution in [-0.4, -0.2) is 59.9 Å². The number of halogens is 3. The first kappa shape index (κ1) is 19.5. The smallest absolute Gasteiger partial charge is 0.387 e. The first-order valence-corrected chi connectivity index (χ1v) is 9.25. The molecule has 146 valence electrons. The second kappa shape index (κ2) is 8.20. The number of hydrogen-bond acceptors (Lipinski definition) is 4. The van der Waals surface area contributed by atoms with Crippen molar-refractivity contribution in [3.8, 4) is 5.75 Å². The number of hydrogen-bond donors (Lipinski definition) is 1. The fraction of sp³-hybridized carbons (Fsp3) is 0.471. The Hall–Kier alpha value is -2.23. The Morgan fingerprint density at radius 3 is 2.81 bits per heavy atom. The molecule has 0 aliphatic carbocycles. The highest BCUT2D eigenvalue weighted by Crippen LogP contribution is 2.27. The van der Waals surface area contributed by atoms with E-state index in [0.29, 0.717) is 23.0 Å². The Bertz CT molecular complexity index is 746. The van der Waals surface area contributed by atoms with Gasteiger partial charge < -0.3 is 15.0 Å². The average Bonchev–Trinajstić information content (AvgIpc) is 3.21. The van der Waals surface area contributed by atoms with E-state index in [1.54, 1.807) is 17.0 Å². The number of likely N-dealkylation sites (tertiary alicyclic amines) is 1.